The molecule has 1 amide bonds. The third-order valence-electron chi connectivity index (χ3n) is 4.26. The Bertz CT molecular complexity index is 916. The quantitative estimate of drug-likeness (QED) is 0.562. The summed E-state index contributed by atoms with van der Waals surface area (Å²) in [7, 11) is 2.98. The molecule has 3 rings (SSSR count). The van der Waals surface area contributed by atoms with Crippen molar-refractivity contribution >= 4 is 35.0 Å². The number of ether oxygens (including phenoxy) is 2. The Balaban J connectivity index is 1.69. The van der Waals surface area contributed by atoms with Crippen LogP contribution in [0.25, 0.3) is 0 Å². The van der Waals surface area contributed by atoms with Crippen LogP contribution in [-0.2, 0) is 17.6 Å². The lowest BCUT2D eigenvalue weighted by atomic mass is 9.97. The van der Waals surface area contributed by atoms with Gasteiger partial charge in [-0.25, -0.2) is 4.98 Å². The molecule has 144 valence electrons. The molecule has 1 aromatic carbocycles. The second-order valence-corrected chi connectivity index (χ2v) is 7.40. The van der Waals surface area contributed by atoms with Gasteiger partial charge in [-0.1, -0.05) is 23.4 Å². The minimum Gasteiger partial charge on any atom is -0.495 e. The van der Waals surface area contributed by atoms with Gasteiger partial charge in [0.25, 0.3) is 5.56 Å². The maximum Gasteiger partial charge on any atom is 0.254 e. The summed E-state index contributed by atoms with van der Waals surface area (Å²) >= 11 is 7.25. The first-order valence-corrected chi connectivity index (χ1v) is 9.84. The number of nitrogens with one attached hydrogen (secondary N) is 2. The molecule has 1 aromatic heterocycles. The van der Waals surface area contributed by atoms with E-state index in [1.165, 1.54) is 26.0 Å². The van der Waals surface area contributed by atoms with Crippen LogP contribution in [0.4, 0.5) is 5.69 Å². The fraction of sp³-hybridized carbons (Fsp3) is 0.389. The molecule has 27 heavy (non-hydrogen) atoms. The zero-order valence-electron chi connectivity index (χ0n) is 15.1. The van der Waals surface area contributed by atoms with E-state index < -0.39 is 0 Å². The standard InChI is InChI=1S/C18H20ClN3O4S/c1-25-14-8-13(15(26-2)7-11(14)19)20-16(23)9-27-18-21-12-6-4-3-5-10(12)17(24)22-18/h7-8H,3-6,9H2,1-2H3,(H,20,23)(H,21,22,24). The molecule has 0 fully saturated rings. The Morgan fingerprint density at radius 2 is 2.00 bits per heavy atom. The first kappa shape index (κ1) is 19.6. The van der Waals surface area contributed by atoms with E-state index in [2.05, 4.69) is 15.3 Å². The second kappa shape index (κ2) is 8.67. The number of rotatable bonds is 6. The van der Waals surface area contributed by atoms with Gasteiger partial charge in [0.2, 0.25) is 5.91 Å². The zero-order valence-corrected chi connectivity index (χ0v) is 16.6. The Morgan fingerprint density at radius 3 is 2.74 bits per heavy atom. The van der Waals surface area contributed by atoms with Crippen molar-refractivity contribution in [3.63, 3.8) is 0 Å². The van der Waals surface area contributed by atoms with Crippen LogP contribution in [0, 0.1) is 0 Å². The van der Waals surface area contributed by atoms with Gasteiger partial charge in [-0.2, -0.15) is 0 Å². The number of hydrogen-bond acceptors (Lipinski definition) is 6. The summed E-state index contributed by atoms with van der Waals surface area (Å²) in [6.07, 6.45) is 3.62. The van der Waals surface area contributed by atoms with Gasteiger partial charge in [-0.15, -0.1) is 0 Å². The van der Waals surface area contributed by atoms with Gasteiger partial charge in [0, 0.05) is 17.7 Å². The van der Waals surface area contributed by atoms with Crippen LogP contribution in [-0.4, -0.2) is 35.8 Å². The van der Waals surface area contributed by atoms with E-state index in [4.69, 9.17) is 21.1 Å². The van der Waals surface area contributed by atoms with Crippen LogP contribution in [0.3, 0.4) is 0 Å². The van der Waals surface area contributed by atoms with Crippen molar-refractivity contribution in [3.8, 4) is 11.5 Å². The van der Waals surface area contributed by atoms with Crippen molar-refractivity contribution in [3.05, 3.63) is 38.8 Å². The average Bonchev–Trinajstić information content (AvgIpc) is 2.67. The number of amides is 1. The molecule has 0 bridgehead atoms. The maximum atomic E-state index is 12.3. The number of aromatic amines is 1. The van der Waals surface area contributed by atoms with Crippen LogP contribution < -0.4 is 20.3 Å². The van der Waals surface area contributed by atoms with Crippen molar-refractivity contribution in [2.24, 2.45) is 0 Å². The van der Waals surface area contributed by atoms with Crippen molar-refractivity contribution in [2.75, 3.05) is 25.3 Å². The van der Waals surface area contributed by atoms with Gasteiger partial charge >= 0.3 is 0 Å². The summed E-state index contributed by atoms with van der Waals surface area (Å²) < 4.78 is 10.4. The van der Waals surface area contributed by atoms with Gasteiger partial charge in [-0.05, 0) is 25.7 Å². The topological polar surface area (TPSA) is 93.3 Å². The van der Waals surface area contributed by atoms with Crippen LogP contribution in [0.5, 0.6) is 11.5 Å². The highest BCUT2D eigenvalue weighted by atomic mass is 35.5. The third-order valence-corrected chi connectivity index (χ3v) is 5.43. The Hall–Kier alpha value is -2.19. The van der Waals surface area contributed by atoms with E-state index in [-0.39, 0.29) is 17.2 Å². The predicted octanol–water partition coefficient (Wildman–Crippen LogP) is 3.05. The van der Waals surface area contributed by atoms with E-state index in [9.17, 15) is 9.59 Å². The zero-order chi connectivity index (χ0) is 19.4. The summed E-state index contributed by atoms with van der Waals surface area (Å²) in [4.78, 5) is 31.7. The molecule has 0 atom stereocenters. The molecular formula is C18H20ClN3O4S. The lowest BCUT2D eigenvalue weighted by Gasteiger charge is -2.14. The molecule has 1 aliphatic rings. The molecule has 0 spiro atoms. The summed E-state index contributed by atoms with van der Waals surface area (Å²) in [6.45, 7) is 0. The maximum absolute atomic E-state index is 12.3. The predicted molar refractivity (Wildman–Crippen MR) is 105 cm³/mol. The number of fused-ring (bicyclic) bond motifs is 1. The van der Waals surface area contributed by atoms with Gasteiger partial charge in [-0.3, -0.25) is 9.59 Å². The third kappa shape index (κ3) is 4.56. The van der Waals surface area contributed by atoms with Crippen molar-refractivity contribution < 1.29 is 14.3 Å². The monoisotopic (exact) mass is 409 g/mol. The smallest absolute Gasteiger partial charge is 0.254 e. The Morgan fingerprint density at radius 1 is 1.26 bits per heavy atom. The number of anilines is 1. The molecule has 0 aliphatic heterocycles. The van der Waals surface area contributed by atoms with E-state index in [1.807, 2.05) is 0 Å². The molecular weight excluding hydrogens is 390 g/mol. The molecule has 7 nitrogen and oxygen atoms in total. The molecule has 0 radical (unpaired) electrons. The molecule has 9 heteroatoms. The lowest BCUT2D eigenvalue weighted by molar-refractivity contribution is -0.113. The van der Waals surface area contributed by atoms with Crippen LogP contribution in [0.2, 0.25) is 5.02 Å². The molecule has 2 N–H and O–H groups in total. The molecule has 2 aromatic rings. The van der Waals surface area contributed by atoms with Gasteiger partial charge in [0.05, 0.1) is 36.4 Å². The summed E-state index contributed by atoms with van der Waals surface area (Å²) in [5.41, 5.74) is 1.97. The van der Waals surface area contributed by atoms with Crippen molar-refractivity contribution in [2.45, 2.75) is 30.8 Å². The molecule has 0 saturated carbocycles. The molecule has 1 aliphatic carbocycles. The number of benzene rings is 1. The second-order valence-electron chi connectivity index (χ2n) is 6.03. The SMILES string of the molecule is COc1cc(NC(=O)CSc2nc3c(c(=O)[nH]2)CCCC3)c(OC)cc1Cl. The average molecular weight is 410 g/mol. The first-order valence-electron chi connectivity index (χ1n) is 8.48. The van der Waals surface area contributed by atoms with E-state index >= 15 is 0 Å². The van der Waals surface area contributed by atoms with Crippen molar-refractivity contribution in [1.29, 1.82) is 0 Å². The lowest BCUT2D eigenvalue weighted by Crippen LogP contribution is -2.22. The number of hydrogen-bond donors (Lipinski definition) is 2. The van der Waals surface area contributed by atoms with Crippen LogP contribution in [0.1, 0.15) is 24.1 Å². The minimum atomic E-state index is -0.261. The fourth-order valence-electron chi connectivity index (χ4n) is 2.93. The number of H-pyrrole nitrogens is 1. The number of carbonyl (C=O) groups is 1. The number of halogens is 1. The number of aryl methyl sites for hydroxylation is 1. The number of thioether (sulfide) groups is 1. The van der Waals surface area contributed by atoms with Crippen LogP contribution >= 0.6 is 23.4 Å². The highest BCUT2D eigenvalue weighted by molar-refractivity contribution is 7.99. The first-order chi connectivity index (χ1) is 13.0. The molecule has 0 unspecified atom stereocenters. The summed E-state index contributed by atoms with van der Waals surface area (Å²) in [5.74, 6) is 0.694. The normalized spacial score (nSPS) is 13.0. The molecule has 0 saturated heterocycles. The number of methoxy groups -OCH3 is 2. The fourth-order valence-corrected chi connectivity index (χ4v) is 3.84. The van der Waals surface area contributed by atoms with E-state index in [0.717, 1.165) is 36.9 Å². The summed E-state index contributed by atoms with van der Waals surface area (Å²) in [6, 6.07) is 3.18. The Labute approximate surface area is 165 Å². The Kier molecular flexibility index (Phi) is 6.28. The largest absolute Gasteiger partial charge is 0.495 e. The number of nitrogens with zero attached hydrogens (tertiary/aromatic N) is 1. The highest BCUT2D eigenvalue weighted by Gasteiger charge is 2.17. The van der Waals surface area contributed by atoms with Crippen molar-refractivity contribution in [1.82, 2.24) is 9.97 Å². The van der Waals surface area contributed by atoms with Crippen LogP contribution in [0.15, 0.2) is 22.1 Å². The number of carbonyl (C=O) groups excluding carboxylic acids is 1. The number of aromatic nitrogens is 2. The van der Waals surface area contributed by atoms with Gasteiger partial charge in [0.1, 0.15) is 11.5 Å². The highest BCUT2D eigenvalue weighted by Crippen LogP contribution is 2.36. The van der Waals surface area contributed by atoms with E-state index in [1.54, 1.807) is 12.1 Å². The van der Waals surface area contributed by atoms with Gasteiger partial charge < -0.3 is 19.8 Å². The molecule has 1 heterocycles. The van der Waals surface area contributed by atoms with Gasteiger partial charge in [0.15, 0.2) is 5.16 Å². The van der Waals surface area contributed by atoms with E-state index in [0.29, 0.717) is 27.4 Å². The minimum absolute atomic E-state index is 0.0931. The summed E-state index contributed by atoms with van der Waals surface area (Å²) in [5, 5.41) is 3.61.